The van der Waals surface area contributed by atoms with E-state index in [0.29, 0.717) is 24.7 Å². The van der Waals surface area contributed by atoms with Crippen molar-refractivity contribution in [1.29, 1.82) is 0 Å². The zero-order valence-corrected chi connectivity index (χ0v) is 14.9. The molecule has 1 aliphatic carbocycles. The molecule has 1 saturated carbocycles. The van der Waals surface area contributed by atoms with Gasteiger partial charge in [0.05, 0.1) is 12.1 Å². The van der Waals surface area contributed by atoms with Gasteiger partial charge in [-0.1, -0.05) is 0 Å². The quantitative estimate of drug-likeness (QED) is 0.856. The van der Waals surface area contributed by atoms with E-state index in [4.69, 9.17) is 0 Å². The molecule has 1 aromatic rings. The van der Waals surface area contributed by atoms with Gasteiger partial charge in [0.25, 0.3) is 5.91 Å². The topological polar surface area (TPSA) is 78.4 Å². The number of nitrogens with zero attached hydrogens (tertiary/aromatic N) is 4. The normalized spacial score (nSPS) is 30.5. The first-order chi connectivity index (χ1) is 12.6. The summed E-state index contributed by atoms with van der Waals surface area (Å²) in [6, 6.07) is 0. The van der Waals surface area contributed by atoms with E-state index in [1.807, 2.05) is 4.90 Å². The molecular formula is C19H25N5O2. The van der Waals surface area contributed by atoms with Gasteiger partial charge in [0.1, 0.15) is 5.69 Å². The molecule has 2 atom stereocenters. The molecule has 0 radical (unpaired) electrons. The van der Waals surface area contributed by atoms with Gasteiger partial charge in [-0.05, 0) is 31.6 Å². The van der Waals surface area contributed by atoms with Crippen molar-refractivity contribution >= 4 is 11.8 Å². The minimum Gasteiger partial charge on any atom is -0.350 e. The number of piperidine rings is 1. The van der Waals surface area contributed by atoms with Crippen molar-refractivity contribution in [2.24, 2.45) is 17.8 Å². The Morgan fingerprint density at radius 1 is 1.23 bits per heavy atom. The van der Waals surface area contributed by atoms with Gasteiger partial charge >= 0.3 is 0 Å². The Bertz CT molecular complexity index is 712. The lowest BCUT2D eigenvalue weighted by molar-refractivity contribution is -0.123. The lowest BCUT2D eigenvalue weighted by atomic mass is 9.75. The molecule has 0 aromatic carbocycles. The number of hydrogen-bond acceptors (Lipinski definition) is 5. The standard InChI is InChI=1S/C19H25N5O2/c25-17-14-11-23(10-13-1-2-13)12-15(14)19(22-17)3-7-24(8-4-19)18(26)16-9-20-5-6-21-16/h5-6,9,13-15H,1-4,7-8,10-12H2,(H,22,25)/t14-,15+/m1/s1. The van der Waals surface area contributed by atoms with Crippen molar-refractivity contribution in [3.8, 4) is 0 Å². The first kappa shape index (κ1) is 16.2. The number of aromatic nitrogens is 2. The Kier molecular flexibility index (Phi) is 3.74. The molecule has 5 rings (SSSR count). The first-order valence-electron chi connectivity index (χ1n) is 9.74. The monoisotopic (exact) mass is 355 g/mol. The Hall–Kier alpha value is -2.02. The van der Waals surface area contributed by atoms with Crippen LogP contribution in [0.4, 0.5) is 0 Å². The second-order valence-electron chi connectivity index (χ2n) is 8.40. The highest BCUT2D eigenvalue weighted by molar-refractivity contribution is 5.92. The van der Waals surface area contributed by atoms with Gasteiger partial charge in [-0.25, -0.2) is 4.98 Å². The van der Waals surface area contributed by atoms with Crippen LogP contribution in [0.25, 0.3) is 0 Å². The molecule has 1 spiro atoms. The summed E-state index contributed by atoms with van der Waals surface area (Å²) in [5, 5.41) is 3.33. The van der Waals surface area contributed by atoms with E-state index in [1.54, 1.807) is 12.4 Å². The van der Waals surface area contributed by atoms with E-state index in [9.17, 15) is 9.59 Å². The van der Waals surface area contributed by atoms with Crippen LogP contribution in [0.5, 0.6) is 0 Å². The lowest BCUT2D eigenvalue weighted by Gasteiger charge is -2.42. The molecule has 7 heteroatoms. The average Bonchev–Trinajstić information content (AvgIpc) is 3.31. The van der Waals surface area contributed by atoms with E-state index < -0.39 is 0 Å². The fourth-order valence-corrected chi connectivity index (χ4v) is 5.13. The zero-order valence-electron chi connectivity index (χ0n) is 14.9. The number of rotatable bonds is 3. The highest BCUT2D eigenvalue weighted by atomic mass is 16.2. The summed E-state index contributed by atoms with van der Waals surface area (Å²) < 4.78 is 0. The molecular weight excluding hydrogens is 330 g/mol. The number of likely N-dealkylation sites (tertiary alicyclic amines) is 2. The van der Waals surface area contributed by atoms with Crippen molar-refractivity contribution in [2.45, 2.75) is 31.2 Å². The van der Waals surface area contributed by atoms with Gasteiger partial charge in [0.2, 0.25) is 5.91 Å². The van der Waals surface area contributed by atoms with Crippen LogP contribution in [0.15, 0.2) is 18.6 Å². The molecule has 4 aliphatic rings. The fourth-order valence-electron chi connectivity index (χ4n) is 5.13. The third-order valence-corrected chi connectivity index (χ3v) is 6.75. The third-order valence-electron chi connectivity index (χ3n) is 6.75. The Morgan fingerprint density at radius 3 is 2.73 bits per heavy atom. The van der Waals surface area contributed by atoms with Crippen LogP contribution < -0.4 is 5.32 Å². The maximum Gasteiger partial charge on any atom is 0.274 e. The number of nitrogens with one attached hydrogen (secondary N) is 1. The average molecular weight is 355 g/mol. The van der Waals surface area contributed by atoms with Gasteiger partial charge in [-0.3, -0.25) is 14.6 Å². The van der Waals surface area contributed by atoms with Gasteiger partial charge < -0.3 is 15.1 Å². The number of hydrogen-bond donors (Lipinski definition) is 1. The number of amides is 2. The van der Waals surface area contributed by atoms with Crippen molar-refractivity contribution in [1.82, 2.24) is 25.1 Å². The summed E-state index contributed by atoms with van der Waals surface area (Å²) in [5.74, 6) is 1.55. The molecule has 0 bridgehead atoms. The van der Waals surface area contributed by atoms with Crippen LogP contribution in [-0.4, -0.2) is 69.8 Å². The SMILES string of the molecule is O=C1NC2(CCN(C(=O)c3cnccn3)CC2)[C@H]2CN(CC3CC3)C[C@@H]12. The molecule has 3 saturated heterocycles. The zero-order chi connectivity index (χ0) is 17.7. The molecule has 0 unspecified atom stereocenters. The fraction of sp³-hybridized carbons (Fsp3) is 0.684. The van der Waals surface area contributed by atoms with E-state index >= 15 is 0 Å². The molecule has 4 fully saturated rings. The van der Waals surface area contributed by atoms with Crippen molar-refractivity contribution in [3.63, 3.8) is 0 Å². The molecule has 26 heavy (non-hydrogen) atoms. The van der Waals surface area contributed by atoms with Crippen molar-refractivity contribution < 1.29 is 9.59 Å². The van der Waals surface area contributed by atoms with Crippen molar-refractivity contribution in [2.75, 3.05) is 32.7 Å². The summed E-state index contributed by atoms with van der Waals surface area (Å²) in [6.07, 6.45) is 9.02. The van der Waals surface area contributed by atoms with Gasteiger partial charge in [-0.15, -0.1) is 0 Å². The van der Waals surface area contributed by atoms with E-state index in [0.717, 1.165) is 38.4 Å². The third kappa shape index (κ3) is 2.69. The maximum atomic E-state index is 12.6. The minimum absolute atomic E-state index is 0.0596. The second kappa shape index (κ2) is 6.01. The maximum absolute atomic E-state index is 12.6. The van der Waals surface area contributed by atoms with Crippen LogP contribution >= 0.6 is 0 Å². The summed E-state index contributed by atoms with van der Waals surface area (Å²) in [4.78, 5) is 37.6. The molecule has 3 aliphatic heterocycles. The number of fused-ring (bicyclic) bond motifs is 2. The van der Waals surface area contributed by atoms with Crippen LogP contribution in [0.2, 0.25) is 0 Å². The first-order valence-corrected chi connectivity index (χ1v) is 9.74. The molecule has 138 valence electrons. The molecule has 1 aromatic heterocycles. The van der Waals surface area contributed by atoms with Crippen LogP contribution in [0.3, 0.4) is 0 Å². The molecule has 2 amide bonds. The summed E-state index contributed by atoms with van der Waals surface area (Å²) >= 11 is 0. The predicted octanol–water partition coefficient (Wildman–Crippen LogP) is 0.539. The van der Waals surface area contributed by atoms with Crippen LogP contribution in [0, 0.1) is 17.8 Å². The minimum atomic E-state index is -0.126. The Labute approximate surface area is 153 Å². The van der Waals surface area contributed by atoms with E-state index in [1.165, 1.54) is 19.0 Å². The summed E-state index contributed by atoms with van der Waals surface area (Å²) in [7, 11) is 0. The van der Waals surface area contributed by atoms with E-state index in [-0.39, 0.29) is 23.3 Å². The van der Waals surface area contributed by atoms with Crippen LogP contribution in [0.1, 0.15) is 36.2 Å². The highest BCUT2D eigenvalue weighted by Gasteiger charge is 2.57. The van der Waals surface area contributed by atoms with Gasteiger partial charge in [0, 0.05) is 56.6 Å². The van der Waals surface area contributed by atoms with E-state index in [2.05, 4.69) is 20.2 Å². The number of carbonyl (C=O) groups is 2. The lowest BCUT2D eigenvalue weighted by Crippen LogP contribution is -2.56. The summed E-state index contributed by atoms with van der Waals surface area (Å²) in [5.41, 5.74) is 0.271. The molecule has 4 heterocycles. The van der Waals surface area contributed by atoms with Crippen molar-refractivity contribution in [3.05, 3.63) is 24.3 Å². The Balaban J connectivity index is 1.26. The second-order valence-corrected chi connectivity index (χ2v) is 8.40. The smallest absolute Gasteiger partial charge is 0.274 e. The van der Waals surface area contributed by atoms with Gasteiger partial charge in [0.15, 0.2) is 0 Å². The number of carbonyl (C=O) groups excluding carboxylic acids is 2. The highest BCUT2D eigenvalue weighted by Crippen LogP contribution is 2.45. The van der Waals surface area contributed by atoms with Crippen LogP contribution in [-0.2, 0) is 4.79 Å². The summed E-state index contributed by atoms with van der Waals surface area (Å²) in [6.45, 7) is 4.44. The molecule has 1 N–H and O–H groups in total. The molecule has 7 nitrogen and oxygen atoms in total. The predicted molar refractivity (Wildman–Crippen MR) is 94.2 cm³/mol. The van der Waals surface area contributed by atoms with Gasteiger partial charge in [-0.2, -0.15) is 0 Å². The Morgan fingerprint density at radius 2 is 2.04 bits per heavy atom. The largest absolute Gasteiger partial charge is 0.350 e.